The van der Waals surface area contributed by atoms with Crippen LogP contribution < -0.4 is 0 Å². The molecule has 1 atom stereocenters. The Labute approximate surface area is 83.0 Å². The lowest BCUT2D eigenvalue weighted by molar-refractivity contribution is -0.136. The predicted octanol–water partition coefficient (Wildman–Crippen LogP) is 0.120. The van der Waals surface area contributed by atoms with Crippen LogP contribution in [0.15, 0.2) is 11.8 Å². The molecular weight excluding hydrogens is 186 g/mol. The maximum atomic E-state index is 11.5. The summed E-state index contributed by atoms with van der Waals surface area (Å²) >= 11 is 0. The van der Waals surface area contributed by atoms with Crippen molar-refractivity contribution >= 4 is 11.8 Å². The molecule has 80 valence electrons. The second-order valence-corrected chi connectivity index (χ2v) is 3.05. The highest BCUT2D eigenvalue weighted by Gasteiger charge is 2.23. The number of aliphatic carboxylic acids is 1. The molecule has 0 heterocycles. The van der Waals surface area contributed by atoms with Gasteiger partial charge in [-0.2, -0.15) is 0 Å². The van der Waals surface area contributed by atoms with Crippen LogP contribution in [0.1, 0.15) is 6.92 Å². The summed E-state index contributed by atoms with van der Waals surface area (Å²) in [5.41, 5.74) is -0.274. The van der Waals surface area contributed by atoms with E-state index in [0.29, 0.717) is 0 Å². The van der Waals surface area contributed by atoms with Gasteiger partial charge in [-0.25, -0.2) is 4.79 Å². The lowest BCUT2D eigenvalue weighted by Gasteiger charge is -2.11. The third-order valence-corrected chi connectivity index (χ3v) is 1.61. The van der Waals surface area contributed by atoms with Crippen LogP contribution in [0.25, 0.3) is 0 Å². The highest BCUT2D eigenvalue weighted by Crippen LogP contribution is 2.04. The number of carboxylic acid groups (broad SMARTS) is 1. The molecule has 0 spiro atoms. The summed E-state index contributed by atoms with van der Waals surface area (Å²) in [6.45, 7) is 1.51. The molecule has 0 unspecified atom stereocenters. The monoisotopic (exact) mass is 201 g/mol. The topological polar surface area (TPSA) is 66.8 Å². The Bertz CT molecular complexity index is 258. The zero-order valence-corrected chi connectivity index (χ0v) is 8.77. The molecular formula is C9H15NO4. The van der Waals surface area contributed by atoms with Crippen LogP contribution in [0.4, 0.5) is 0 Å². The number of rotatable bonds is 5. The largest absolute Gasteiger partial charge is 0.478 e. The first kappa shape index (κ1) is 12.6. The highest BCUT2D eigenvalue weighted by molar-refractivity contribution is 6.18. The number of nitrogens with zero attached hydrogens (tertiary/aromatic N) is 1. The first-order chi connectivity index (χ1) is 6.40. The second kappa shape index (κ2) is 5.39. The number of carbonyl (C=O) groups excluding carboxylic acids is 1. The van der Waals surface area contributed by atoms with E-state index in [1.165, 1.54) is 25.1 Å². The van der Waals surface area contributed by atoms with E-state index in [0.717, 1.165) is 0 Å². The molecule has 0 fully saturated rings. The Morgan fingerprint density at radius 1 is 1.43 bits per heavy atom. The van der Waals surface area contributed by atoms with Crippen molar-refractivity contribution in [1.29, 1.82) is 0 Å². The summed E-state index contributed by atoms with van der Waals surface area (Å²) in [5, 5.41) is 8.77. The van der Waals surface area contributed by atoms with Gasteiger partial charge in [-0.05, 0) is 6.92 Å². The molecule has 1 N–H and O–H groups in total. The minimum Gasteiger partial charge on any atom is -0.478 e. The van der Waals surface area contributed by atoms with Crippen LogP contribution in [0.5, 0.6) is 0 Å². The molecule has 0 aromatic carbocycles. The Balaban J connectivity index is 4.85. The molecule has 0 aliphatic heterocycles. The number of carbonyl (C=O) groups is 2. The number of ether oxygens (including phenoxy) is 1. The molecule has 5 nitrogen and oxygen atoms in total. The second-order valence-electron chi connectivity index (χ2n) is 3.05. The molecule has 0 rings (SSSR count). The fourth-order valence-corrected chi connectivity index (χ4v) is 0.808. The van der Waals surface area contributed by atoms with Crippen molar-refractivity contribution in [2.75, 3.05) is 21.2 Å². The predicted molar refractivity (Wildman–Crippen MR) is 50.9 cm³/mol. The van der Waals surface area contributed by atoms with E-state index in [1.54, 1.807) is 14.1 Å². The Morgan fingerprint density at radius 3 is 2.21 bits per heavy atom. The van der Waals surface area contributed by atoms with Gasteiger partial charge in [0.15, 0.2) is 5.78 Å². The molecule has 14 heavy (non-hydrogen) atoms. The molecule has 0 saturated carbocycles. The van der Waals surface area contributed by atoms with Crippen molar-refractivity contribution < 1.29 is 19.4 Å². The lowest BCUT2D eigenvalue weighted by atomic mass is 10.1. The summed E-state index contributed by atoms with van der Waals surface area (Å²) in [5.74, 6) is -1.78. The molecule has 0 radical (unpaired) electrons. The normalized spacial score (nSPS) is 13.6. The van der Waals surface area contributed by atoms with E-state index in [-0.39, 0.29) is 5.57 Å². The van der Waals surface area contributed by atoms with Crippen molar-refractivity contribution in [3.8, 4) is 0 Å². The summed E-state index contributed by atoms with van der Waals surface area (Å²) in [7, 11) is 4.65. The van der Waals surface area contributed by atoms with Gasteiger partial charge in [-0.1, -0.05) is 0 Å². The van der Waals surface area contributed by atoms with Gasteiger partial charge in [0.1, 0.15) is 11.7 Å². The fraction of sp³-hybridized carbons (Fsp3) is 0.556. The number of hydrogen-bond acceptors (Lipinski definition) is 4. The first-order valence-electron chi connectivity index (χ1n) is 4.08. The summed E-state index contributed by atoms with van der Waals surface area (Å²) in [4.78, 5) is 23.7. The van der Waals surface area contributed by atoms with Gasteiger partial charge in [0.25, 0.3) is 0 Å². The number of carboxylic acids is 1. The van der Waals surface area contributed by atoms with Gasteiger partial charge in [0.05, 0.1) is 0 Å². The van der Waals surface area contributed by atoms with Gasteiger partial charge >= 0.3 is 5.97 Å². The average molecular weight is 201 g/mol. The Hall–Kier alpha value is -1.36. The van der Waals surface area contributed by atoms with Crippen LogP contribution >= 0.6 is 0 Å². The van der Waals surface area contributed by atoms with Gasteiger partial charge < -0.3 is 14.7 Å². The van der Waals surface area contributed by atoms with E-state index in [2.05, 4.69) is 0 Å². The summed E-state index contributed by atoms with van der Waals surface area (Å²) < 4.78 is 4.75. The standard InChI is InChI=1S/C9H15NO4/c1-6(14-4)8(11)7(9(12)13)5-10(2)3/h5-6H,1-4H3,(H,12,13)/b7-5-/t6-/m0/s1. The molecule has 0 aromatic heterocycles. The van der Waals surface area contributed by atoms with Crippen molar-refractivity contribution in [2.45, 2.75) is 13.0 Å². The van der Waals surface area contributed by atoms with E-state index >= 15 is 0 Å². The highest BCUT2D eigenvalue weighted by atomic mass is 16.5. The lowest BCUT2D eigenvalue weighted by Crippen LogP contribution is -2.26. The molecule has 0 saturated heterocycles. The van der Waals surface area contributed by atoms with Crippen LogP contribution in [0.2, 0.25) is 0 Å². The van der Waals surface area contributed by atoms with Crippen LogP contribution in [-0.4, -0.2) is 49.1 Å². The minimum atomic E-state index is -1.24. The molecule has 0 bridgehead atoms. The van der Waals surface area contributed by atoms with Crippen LogP contribution in [-0.2, 0) is 14.3 Å². The number of hydrogen-bond donors (Lipinski definition) is 1. The molecule has 0 aromatic rings. The maximum Gasteiger partial charge on any atom is 0.340 e. The zero-order chi connectivity index (χ0) is 11.3. The molecule has 0 amide bonds. The van der Waals surface area contributed by atoms with Crippen LogP contribution in [0.3, 0.4) is 0 Å². The smallest absolute Gasteiger partial charge is 0.340 e. The Morgan fingerprint density at radius 2 is 1.93 bits per heavy atom. The van der Waals surface area contributed by atoms with Crippen molar-refractivity contribution in [3.63, 3.8) is 0 Å². The van der Waals surface area contributed by atoms with Gasteiger partial charge in [-0.15, -0.1) is 0 Å². The third kappa shape index (κ3) is 3.57. The summed E-state index contributed by atoms with van der Waals surface area (Å²) in [6, 6.07) is 0. The molecule has 0 aliphatic carbocycles. The van der Waals surface area contributed by atoms with E-state index in [4.69, 9.17) is 9.84 Å². The molecule has 5 heteroatoms. The number of methoxy groups -OCH3 is 1. The van der Waals surface area contributed by atoms with Crippen molar-refractivity contribution in [3.05, 3.63) is 11.8 Å². The van der Waals surface area contributed by atoms with Gasteiger partial charge in [0.2, 0.25) is 0 Å². The van der Waals surface area contributed by atoms with Gasteiger partial charge in [-0.3, -0.25) is 4.79 Å². The summed E-state index contributed by atoms with van der Waals surface area (Å²) in [6.07, 6.45) is 0.525. The zero-order valence-electron chi connectivity index (χ0n) is 8.77. The fourth-order valence-electron chi connectivity index (χ4n) is 0.808. The minimum absolute atomic E-state index is 0.274. The number of Topliss-reactive ketones (excluding diaryl/α,β-unsaturated/α-hetero) is 1. The van der Waals surface area contributed by atoms with E-state index in [1.807, 2.05) is 0 Å². The Kier molecular flexibility index (Phi) is 4.86. The van der Waals surface area contributed by atoms with Crippen LogP contribution in [0, 0.1) is 0 Å². The SMILES string of the molecule is CO[C@@H](C)C(=O)/C(=C/N(C)C)C(=O)O. The maximum absolute atomic E-state index is 11.5. The van der Waals surface area contributed by atoms with E-state index in [9.17, 15) is 9.59 Å². The van der Waals surface area contributed by atoms with Crippen molar-refractivity contribution in [2.24, 2.45) is 0 Å². The first-order valence-corrected chi connectivity index (χ1v) is 4.08. The van der Waals surface area contributed by atoms with Gasteiger partial charge in [0, 0.05) is 27.4 Å². The number of ketones is 1. The quantitative estimate of drug-likeness (QED) is 0.389. The average Bonchev–Trinajstić information content (AvgIpc) is 2.11. The molecule has 0 aliphatic rings. The van der Waals surface area contributed by atoms with Crippen molar-refractivity contribution in [1.82, 2.24) is 4.90 Å². The third-order valence-electron chi connectivity index (χ3n) is 1.61. The van der Waals surface area contributed by atoms with E-state index < -0.39 is 17.9 Å².